The molecule has 0 atom stereocenters. The Labute approximate surface area is 111 Å². The predicted octanol–water partition coefficient (Wildman–Crippen LogP) is -0.299. The Morgan fingerprint density at radius 2 is 2.05 bits per heavy atom. The highest BCUT2D eigenvalue weighted by molar-refractivity contribution is 7.89. The van der Waals surface area contributed by atoms with Crippen LogP contribution in [0.2, 0.25) is 0 Å². The van der Waals surface area contributed by atoms with Gasteiger partial charge in [-0.3, -0.25) is 9.89 Å². The maximum absolute atomic E-state index is 12.3. The van der Waals surface area contributed by atoms with E-state index >= 15 is 0 Å². The number of carbonyl (C=O) groups excluding carboxylic acids is 1. The third-order valence-corrected chi connectivity index (χ3v) is 5.95. The average Bonchev–Trinajstić information content (AvgIpc) is 3.01. The molecule has 1 aromatic rings. The van der Waals surface area contributed by atoms with E-state index in [0.29, 0.717) is 26.1 Å². The van der Waals surface area contributed by atoms with E-state index in [9.17, 15) is 13.2 Å². The number of hydrogen-bond donors (Lipinski definition) is 2. The lowest BCUT2D eigenvalue weighted by Gasteiger charge is -2.37. The normalized spacial score (nSPS) is 23.7. The van der Waals surface area contributed by atoms with E-state index in [2.05, 4.69) is 15.5 Å². The van der Waals surface area contributed by atoms with Gasteiger partial charge in [0.2, 0.25) is 15.9 Å². The van der Waals surface area contributed by atoms with Crippen LogP contribution >= 0.6 is 0 Å². The van der Waals surface area contributed by atoms with Crippen molar-refractivity contribution >= 4 is 15.9 Å². The summed E-state index contributed by atoms with van der Waals surface area (Å²) in [4.78, 5) is 11.5. The summed E-state index contributed by atoms with van der Waals surface area (Å²) in [6.07, 6.45) is 4.68. The Morgan fingerprint density at radius 1 is 1.32 bits per heavy atom. The van der Waals surface area contributed by atoms with Crippen molar-refractivity contribution in [3.8, 4) is 0 Å². The fourth-order valence-electron chi connectivity index (χ4n) is 2.84. The van der Waals surface area contributed by atoms with Crippen LogP contribution in [0.4, 0.5) is 0 Å². The summed E-state index contributed by atoms with van der Waals surface area (Å²) in [6.45, 7) is 1.59. The van der Waals surface area contributed by atoms with Gasteiger partial charge in [0, 0.05) is 32.3 Å². The highest BCUT2D eigenvalue weighted by atomic mass is 32.2. The Kier molecular flexibility index (Phi) is 2.86. The van der Waals surface area contributed by atoms with Gasteiger partial charge in [0.1, 0.15) is 4.90 Å². The first-order valence-electron chi connectivity index (χ1n) is 6.28. The minimum atomic E-state index is -3.44. The van der Waals surface area contributed by atoms with Crippen molar-refractivity contribution in [2.24, 2.45) is 5.41 Å². The topological polar surface area (TPSA) is 95.2 Å². The van der Waals surface area contributed by atoms with Crippen LogP contribution in [0.5, 0.6) is 0 Å². The molecular formula is C11H16N4O3S. The number of piperidine rings is 1. The van der Waals surface area contributed by atoms with E-state index < -0.39 is 10.0 Å². The Bertz CT molecular complexity index is 573. The molecule has 0 aromatic carbocycles. The predicted molar refractivity (Wildman–Crippen MR) is 66.6 cm³/mol. The van der Waals surface area contributed by atoms with Crippen LogP contribution in [-0.2, 0) is 14.8 Å². The number of carbonyl (C=O) groups is 1. The molecule has 0 aliphatic carbocycles. The fraction of sp³-hybridized carbons (Fsp3) is 0.636. The van der Waals surface area contributed by atoms with E-state index in [4.69, 9.17) is 0 Å². The summed E-state index contributed by atoms with van der Waals surface area (Å²) in [5, 5.41) is 9.04. The van der Waals surface area contributed by atoms with Gasteiger partial charge in [0.15, 0.2) is 0 Å². The molecule has 0 bridgehead atoms. The van der Waals surface area contributed by atoms with Crippen molar-refractivity contribution in [2.45, 2.75) is 24.2 Å². The minimum absolute atomic E-state index is 0.0422. The number of amides is 1. The quantitative estimate of drug-likeness (QED) is 0.779. The lowest BCUT2D eigenvalue weighted by Crippen LogP contribution is -2.43. The van der Waals surface area contributed by atoms with Crippen molar-refractivity contribution < 1.29 is 13.2 Å². The van der Waals surface area contributed by atoms with Crippen molar-refractivity contribution in [3.05, 3.63) is 12.4 Å². The van der Waals surface area contributed by atoms with Crippen LogP contribution in [0.3, 0.4) is 0 Å². The molecule has 19 heavy (non-hydrogen) atoms. The lowest BCUT2D eigenvalue weighted by molar-refractivity contribution is -0.119. The summed E-state index contributed by atoms with van der Waals surface area (Å²) >= 11 is 0. The Balaban J connectivity index is 1.72. The van der Waals surface area contributed by atoms with E-state index in [1.54, 1.807) is 0 Å². The second-order valence-corrected chi connectivity index (χ2v) is 7.23. The van der Waals surface area contributed by atoms with Gasteiger partial charge in [0.05, 0.1) is 6.20 Å². The molecular weight excluding hydrogens is 268 g/mol. The number of nitrogens with zero attached hydrogens (tertiary/aromatic N) is 2. The van der Waals surface area contributed by atoms with Crippen LogP contribution in [-0.4, -0.2) is 48.5 Å². The number of sulfonamides is 1. The van der Waals surface area contributed by atoms with Gasteiger partial charge in [0.25, 0.3) is 0 Å². The zero-order chi connectivity index (χ0) is 13.5. The van der Waals surface area contributed by atoms with Crippen molar-refractivity contribution in [1.82, 2.24) is 19.8 Å². The summed E-state index contributed by atoms with van der Waals surface area (Å²) in [6, 6.07) is 0. The molecule has 2 N–H and O–H groups in total. The maximum Gasteiger partial charge on any atom is 0.246 e. The van der Waals surface area contributed by atoms with Crippen LogP contribution in [0.1, 0.15) is 19.3 Å². The second-order valence-electron chi connectivity index (χ2n) is 5.29. The molecule has 7 nitrogen and oxygen atoms in total. The second kappa shape index (κ2) is 4.31. The molecule has 2 fully saturated rings. The smallest absolute Gasteiger partial charge is 0.246 e. The van der Waals surface area contributed by atoms with Crippen LogP contribution < -0.4 is 5.32 Å². The molecule has 2 aliphatic rings. The molecule has 104 valence electrons. The first-order chi connectivity index (χ1) is 9.02. The fourth-order valence-corrected chi connectivity index (χ4v) is 4.18. The monoisotopic (exact) mass is 284 g/mol. The zero-order valence-electron chi connectivity index (χ0n) is 10.4. The van der Waals surface area contributed by atoms with E-state index in [1.165, 1.54) is 16.7 Å². The van der Waals surface area contributed by atoms with Crippen molar-refractivity contribution in [2.75, 3.05) is 19.6 Å². The summed E-state index contributed by atoms with van der Waals surface area (Å²) in [7, 11) is -3.44. The van der Waals surface area contributed by atoms with Crippen LogP contribution in [0.25, 0.3) is 0 Å². The summed E-state index contributed by atoms with van der Waals surface area (Å²) < 4.78 is 26.1. The van der Waals surface area contributed by atoms with E-state index in [1.807, 2.05) is 0 Å². The summed E-state index contributed by atoms with van der Waals surface area (Å²) in [5.41, 5.74) is -0.0422. The first kappa shape index (κ1) is 12.6. The standard InChI is InChI=1S/C11H16N4O3S/c16-10-5-11(8-12-10)1-3-15(4-2-11)19(17,18)9-6-13-14-7-9/h6-7H,1-5,8H2,(H,12,16)(H,13,14). The molecule has 0 saturated carbocycles. The number of aromatic amines is 1. The highest BCUT2D eigenvalue weighted by Crippen LogP contribution is 2.38. The van der Waals surface area contributed by atoms with Gasteiger partial charge in [-0.25, -0.2) is 8.42 Å². The first-order valence-corrected chi connectivity index (χ1v) is 7.72. The molecule has 2 saturated heterocycles. The van der Waals surface area contributed by atoms with Crippen LogP contribution in [0.15, 0.2) is 17.3 Å². The number of nitrogens with one attached hydrogen (secondary N) is 2. The molecule has 0 unspecified atom stereocenters. The molecule has 0 radical (unpaired) electrons. The average molecular weight is 284 g/mol. The van der Waals surface area contributed by atoms with E-state index in [-0.39, 0.29) is 16.2 Å². The number of hydrogen-bond acceptors (Lipinski definition) is 4. The van der Waals surface area contributed by atoms with Crippen LogP contribution in [0, 0.1) is 5.41 Å². The zero-order valence-corrected chi connectivity index (χ0v) is 11.2. The minimum Gasteiger partial charge on any atom is -0.356 e. The van der Waals surface area contributed by atoms with Crippen molar-refractivity contribution in [1.29, 1.82) is 0 Å². The SMILES string of the molecule is O=C1CC2(CCN(S(=O)(=O)c3cn[nH]c3)CC2)CN1. The molecule has 1 spiro atoms. The van der Waals surface area contributed by atoms with Crippen molar-refractivity contribution in [3.63, 3.8) is 0 Å². The van der Waals surface area contributed by atoms with Gasteiger partial charge in [-0.15, -0.1) is 0 Å². The molecule has 1 amide bonds. The van der Waals surface area contributed by atoms with Gasteiger partial charge in [-0.05, 0) is 18.3 Å². The lowest BCUT2D eigenvalue weighted by atomic mass is 9.78. The molecule has 8 heteroatoms. The molecule has 2 aliphatic heterocycles. The number of rotatable bonds is 2. The van der Waals surface area contributed by atoms with Gasteiger partial charge in [-0.1, -0.05) is 0 Å². The van der Waals surface area contributed by atoms with E-state index in [0.717, 1.165) is 12.8 Å². The maximum atomic E-state index is 12.3. The molecule has 3 rings (SSSR count). The molecule has 3 heterocycles. The largest absolute Gasteiger partial charge is 0.356 e. The molecule has 1 aromatic heterocycles. The third kappa shape index (κ3) is 2.14. The Morgan fingerprint density at radius 3 is 2.58 bits per heavy atom. The highest BCUT2D eigenvalue weighted by Gasteiger charge is 2.43. The number of aromatic nitrogens is 2. The Hall–Kier alpha value is -1.41. The van der Waals surface area contributed by atoms with Gasteiger partial charge < -0.3 is 5.32 Å². The van der Waals surface area contributed by atoms with Gasteiger partial charge in [-0.2, -0.15) is 9.40 Å². The summed E-state index contributed by atoms with van der Waals surface area (Å²) in [5.74, 6) is 0.0751. The van der Waals surface area contributed by atoms with Gasteiger partial charge >= 0.3 is 0 Å². The number of H-pyrrole nitrogens is 1. The third-order valence-electron chi connectivity index (χ3n) is 4.09.